The zero-order valence-corrected chi connectivity index (χ0v) is 7.35. The van der Waals surface area contributed by atoms with Gasteiger partial charge in [0.15, 0.2) is 0 Å². The van der Waals surface area contributed by atoms with Crippen molar-refractivity contribution in [1.29, 1.82) is 0 Å². The van der Waals surface area contributed by atoms with Crippen molar-refractivity contribution in [2.45, 2.75) is 13.1 Å². The van der Waals surface area contributed by atoms with Gasteiger partial charge in [0.05, 0.1) is 11.1 Å². The number of halogens is 3. The molecule has 0 spiro atoms. The number of alkyl halides is 3. The van der Waals surface area contributed by atoms with Crippen molar-refractivity contribution >= 4 is 5.91 Å². The van der Waals surface area contributed by atoms with Gasteiger partial charge in [0.1, 0.15) is 0 Å². The summed E-state index contributed by atoms with van der Waals surface area (Å²) in [5.74, 6) is -1.07. The summed E-state index contributed by atoms with van der Waals surface area (Å²) in [7, 11) is 0. The van der Waals surface area contributed by atoms with E-state index in [1.807, 2.05) is 0 Å². The average Bonchev–Trinajstić information content (AvgIpc) is 2.01. The molecule has 1 amide bonds. The molecule has 0 saturated carbocycles. The first-order chi connectivity index (χ1) is 6.34. The van der Waals surface area contributed by atoms with Crippen molar-refractivity contribution in [1.82, 2.24) is 0 Å². The molecule has 0 atom stereocenters. The first-order valence-electron chi connectivity index (χ1n) is 3.80. The highest BCUT2D eigenvalue weighted by Crippen LogP contribution is 2.34. The Labute approximate surface area is 78.5 Å². The SMILES string of the molecule is Cc1cccc(C(N)=O)c1C(F)(F)F. The standard InChI is InChI=1S/C9H8F3NO/c1-5-3-2-4-6(8(13)14)7(5)9(10,11)12/h2-4H,1H3,(H2,13,14). The first kappa shape index (κ1) is 10.6. The number of primary amides is 1. The Balaban J connectivity index is 3.45. The highest BCUT2D eigenvalue weighted by Gasteiger charge is 2.36. The van der Waals surface area contributed by atoms with E-state index in [4.69, 9.17) is 5.73 Å². The van der Waals surface area contributed by atoms with Crippen LogP contribution in [0.1, 0.15) is 21.5 Å². The molecule has 76 valence electrons. The van der Waals surface area contributed by atoms with Crippen molar-refractivity contribution in [3.63, 3.8) is 0 Å². The molecular formula is C9H8F3NO. The quantitative estimate of drug-likeness (QED) is 0.746. The van der Waals surface area contributed by atoms with E-state index >= 15 is 0 Å². The molecule has 1 rings (SSSR count). The fourth-order valence-electron chi connectivity index (χ4n) is 1.25. The van der Waals surface area contributed by atoms with Gasteiger partial charge in [-0.2, -0.15) is 13.2 Å². The maximum Gasteiger partial charge on any atom is 0.417 e. The van der Waals surface area contributed by atoms with Gasteiger partial charge in [0.25, 0.3) is 0 Å². The summed E-state index contributed by atoms with van der Waals surface area (Å²) in [5.41, 5.74) is 3.40. The van der Waals surface area contributed by atoms with Gasteiger partial charge in [0, 0.05) is 0 Å². The Bertz CT molecular complexity index is 371. The minimum Gasteiger partial charge on any atom is -0.366 e. The lowest BCUT2D eigenvalue weighted by Gasteiger charge is -2.13. The first-order valence-corrected chi connectivity index (χ1v) is 3.80. The number of nitrogens with two attached hydrogens (primary N) is 1. The smallest absolute Gasteiger partial charge is 0.366 e. The molecule has 1 aromatic carbocycles. The van der Waals surface area contributed by atoms with E-state index < -0.39 is 23.2 Å². The predicted molar refractivity (Wildman–Crippen MR) is 44.7 cm³/mol. The molecule has 0 bridgehead atoms. The maximum absolute atomic E-state index is 12.5. The lowest BCUT2D eigenvalue weighted by Crippen LogP contribution is -2.19. The largest absolute Gasteiger partial charge is 0.417 e. The molecule has 14 heavy (non-hydrogen) atoms. The number of benzene rings is 1. The molecule has 5 heteroatoms. The number of hydrogen-bond acceptors (Lipinski definition) is 1. The van der Waals surface area contributed by atoms with Gasteiger partial charge >= 0.3 is 6.18 Å². The fraction of sp³-hybridized carbons (Fsp3) is 0.222. The van der Waals surface area contributed by atoms with Crippen LogP contribution in [0, 0.1) is 6.92 Å². The molecular weight excluding hydrogens is 195 g/mol. The van der Waals surface area contributed by atoms with Crippen molar-refractivity contribution in [2.75, 3.05) is 0 Å². The predicted octanol–water partition coefficient (Wildman–Crippen LogP) is 2.11. The van der Waals surface area contributed by atoms with E-state index in [0.29, 0.717) is 0 Å². The minimum absolute atomic E-state index is 0.00574. The highest BCUT2D eigenvalue weighted by molar-refractivity contribution is 5.94. The van der Waals surface area contributed by atoms with E-state index in [2.05, 4.69) is 0 Å². The molecule has 0 aromatic heterocycles. The van der Waals surface area contributed by atoms with E-state index in [1.165, 1.54) is 19.1 Å². The molecule has 0 unspecified atom stereocenters. The van der Waals surface area contributed by atoms with Crippen LogP contribution < -0.4 is 5.73 Å². The van der Waals surface area contributed by atoms with E-state index in [-0.39, 0.29) is 5.56 Å². The molecule has 2 nitrogen and oxygen atoms in total. The number of amides is 1. The molecule has 1 aromatic rings. The minimum atomic E-state index is -4.55. The van der Waals surface area contributed by atoms with Crippen molar-refractivity contribution in [3.05, 3.63) is 34.9 Å². The second-order valence-electron chi connectivity index (χ2n) is 2.86. The van der Waals surface area contributed by atoms with Gasteiger partial charge in [-0.3, -0.25) is 4.79 Å². The Hall–Kier alpha value is -1.52. The molecule has 2 N–H and O–H groups in total. The summed E-state index contributed by atoms with van der Waals surface area (Å²) in [6, 6.07) is 3.72. The van der Waals surface area contributed by atoms with Gasteiger partial charge in [-0.15, -0.1) is 0 Å². The third kappa shape index (κ3) is 1.86. The van der Waals surface area contributed by atoms with Crippen molar-refractivity contribution < 1.29 is 18.0 Å². The number of carbonyl (C=O) groups is 1. The molecule has 0 fully saturated rings. The molecule has 0 radical (unpaired) electrons. The van der Waals surface area contributed by atoms with Gasteiger partial charge in [-0.25, -0.2) is 0 Å². The number of carbonyl (C=O) groups excluding carboxylic acids is 1. The summed E-state index contributed by atoms with van der Waals surface area (Å²) in [4.78, 5) is 10.7. The van der Waals surface area contributed by atoms with Crippen LogP contribution in [0.3, 0.4) is 0 Å². The summed E-state index contributed by atoms with van der Waals surface area (Å²) in [6.07, 6.45) is -4.55. The zero-order valence-electron chi connectivity index (χ0n) is 7.35. The Morgan fingerprint density at radius 3 is 2.29 bits per heavy atom. The van der Waals surface area contributed by atoms with Crippen LogP contribution in [0.25, 0.3) is 0 Å². The monoisotopic (exact) mass is 203 g/mol. The Kier molecular flexibility index (Phi) is 2.51. The van der Waals surface area contributed by atoms with Crippen LogP contribution in [0.15, 0.2) is 18.2 Å². The van der Waals surface area contributed by atoms with Crippen LogP contribution in [0.4, 0.5) is 13.2 Å². The lowest BCUT2D eigenvalue weighted by molar-refractivity contribution is -0.138. The van der Waals surface area contributed by atoms with Crippen LogP contribution in [0.2, 0.25) is 0 Å². The Morgan fingerprint density at radius 1 is 1.36 bits per heavy atom. The van der Waals surface area contributed by atoms with Crippen LogP contribution in [-0.4, -0.2) is 5.91 Å². The molecule has 0 aliphatic rings. The average molecular weight is 203 g/mol. The molecule has 0 heterocycles. The van der Waals surface area contributed by atoms with Crippen LogP contribution >= 0.6 is 0 Å². The van der Waals surface area contributed by atoms with Crippen molar-refractivity contribution in [3.8, 4) is 0 Å². The highest BCUT2D eigenvalue weighted by atomic mass is 19.4. The van der Waals surface area contributed by atoms with Gasteiger partial charge in [0.2, 0.25) is 5.91 Å². The second kappa shape index (κ2) is 3.32. The number of aryl methyl sites for hydroxylation is 1. The summed E-state index contributed by atoms with van der Waals surface area (Å²) < 4.78 is 37.4. The van der Waals surface area contributed by atoms with Crippen LogP contribution in [-0.2, 0) is 6.18 Å². The third-order valence-corrected chi connectivity index (χ3v) is 1.82. The summed E-state index contributed by atoms with van der Waals surface area (Å²) in [5, 5.41) is 0. The number of rotatable bonds is 1. The molecule has 0 aliphatic heterocycles. The molecule has 0 aliphatic carbocycles. The van der Waals surface area contributed by atoms with Crippen LogP contribution in [0.5, 0.6) is 0 Å². The van der Waals surface area contributed by atoms with Gasteiger partial charge < -0.3 is 5.73 Å². The Morgan fingerprint density at radius 2 is 1.93 bits per heavy atom. The maximum atomic E-state index is 12.5. The van der Waals surface area contributed by atoms with E-state index in [0.717, 1.165) is 6.07 Å². The zero-order chi connectivity index (χ0) is 10.9. The molecule has 0 saturated heterocycles. The number of hydrogen-bond donors (Lipinski definition) is 1. The third-order valence-electron chi connectivity index (χ3n) is 1.82. The van der Waals surface area contributed by atoms with Crippen molar-refractivity contribution in [2.24, 2.45) is 5.73 Å². The van der Waals surface area contributed by atoms with E-state index in [1.54, 1.807) is 0 Å². The topological polar surface area (TPSA) is 43.1 Å². The normalized spacial score (nSPS) is 11.4. The fourth-order valence-corrected chi connectivity index (χ4v) is 1.25. The summed E-state index contributed by atoms with van der Waals surface area (Å²) in [6.45, 7) is 1.29. The van der Waals surface area contributed by atoms with Gasteiger partial charge in [-0.05, 0) is 18.6 Å². The van der Waals surface area contributed by atoms with Gasteiger partial charge in [-0.1, -0.05) is 12.1 Å². The summed E-state index contributed by atoms with van der Waals surface area (Å²) >= 11 is 0. The second-order valence-corrected chi connectivity index (χ2v) is 2.86. The van der Waals surface area contributed by atoms with E-state index in [9.17, 15) is 18.0 Å². The lowest BCUT2D eigenvalue weighted by atomic mass is 10.0.